The topological polar surface area (TPSA) is 12.5 Å². The summed E-state index contributed by atoms with van der Waals surface area (Å²) in [6.07, 6.45) is 0. The molecular formula is C30H40NOP. The number of aryl methyl sites for hydroxylation is 2. The smallest absolute Gasteiger partial charge is 0.131 e. The molecule has 3 aromatic rings. The van der Waals surface area contributed by atoms with Crippen LogP contribution < -0.4 is 15.3 Å². The lowest BCUT2D eigenvalue weighted by Gasteiger charge is -2.27. The summed E-state index contributed by atoms with van der Waals surface area (Å²) in [4.78, 5) is 2.49. The van der Waals surface area contributed by atoms with Crippen molar-refractivity contribution in [2.45, 2.75) is 67.0 Å². The summed E-state index contributed by atoms with van der Waals surface area (Å²) in [5.41, 5.74) is 6.60. The maximum atomic E-state index is 6.61. The van der Waals surface area contributed by atoms with Crippen LogP contribution >= 0.6 is 8.58 Å². The SMILES string of the molecule is CCN(CC)Cc1cccc(C)c1Pc1cc(C)cc(C(C)(C)C)c1OCc1ccccc1. The Morgan fingerprint density at radius 3 is 2.21 bits per heavy atom. The van der Waals surface area contributed by atoms with Gasteiger partial charge in [-0.3, -0.25) is 4.90 Å². The minimum Gasteiger partial charge on any atom is -0.488 e. The highest BCUT2D eigenvalue weighted by atomic mass is 31.1. The Bertz CT molecular complexity index is 1050. The van der Waals surface area contributed by atoms with E-state index >= 15 is 0 Å². The lowest BCUT2D eigenvalue weighted by atomic mass is 9.85. The van der Waals surface area contributed by atoms with Crippen molar-refractivity contribution in [2.75, 3.05) is 13.1 Å². The Hall–Kier alpha value is -2.15. The van der Waals surface area contributed by atoms with E-state index in [2.05, 4.69) is 114 Å². The van der Waals surface area contributed by atoms with Gasteiger partial charge in [-0.25, -0.2) is 0 Å². The molecule has 3 rings (SSSR count). The quantitative estimate of drug-likeness (QED) is 0.331. The summed E-state index contributed by atoms with van der Waals surface area (Å²) in [6.45, 7) is 19.5. The number of hydrogen-bond donors (Lipinski definition) is 0. The van der Waals surface area contributed by atoms with Crippen molar-refractivity contribution in [2.24, 2.45) is 0 Å². The molecule has 1 atom stereocenters. The van der Waals surface area contributed by atoms with Crippen molar-refractivity contribution in [1.82, 2.24) is 4.90 Å². The zero-order valence-electron chi connectivity index (χ0n) is 21.5. The van der Waals surface area contributed by atoms with Gasteiger partial charge in [0, 0.05) is 17.4 Å². The van der Waals surface area contributed by atoms with Gasteiger partial charge in [-0.1, -0.05) is 97.8 Å². The van der Waals surface area contributed by atoms with Crippen LogP contribution in [0.25, 0.3) is 0 Å². The second-order valence-electron chi connectivity index (χ2n) is 9.91. The lowest BCUT2D eigenvalue weighted by Crippen LogP contribution is -2.26. The fraction of sp³-hybridized carbons (Fsp3) is 0.400. The summed E-state index contributed by atoms with van der Waals surface area (Å²) in [5, 5.41) is 2.77. The molecule has 0 radical (unpaired) electrons. The molecule has 0 fully saturated rings. The van der Waals surface area contributed by atoms with Crippen LogP contribution in [0.5, 0.6) is 5.75 Å². The number of rotatable bonds is 9. The highest BCUT2D eigenvalue weighted by Crippen LogP contribution is 2.35. The third kappa shape index (κ3) is 6.69. The van der Waals surface area contributed by atoms with E-state index in [0.717, 1.165) is 25.4 Å². The second kappa shape index (κ2) is 11.3. The largest absolute Gasteiger partial charge is 0.488 e. The van der Waals surface area contributed by atoms with Crippen molar-refractivity contribution in [3.63, 3.8) is 0 Å². The van der Waals surface area contributed by atoms with Crippen molar-refractivity contribution < 1.29 is 4.74 Å². The Kier molecular flexibility index (Phi) is 8.74. The van der Waals surface area contributed by atoms with Crippen LogP contribution in [-0.2, 0) is 18.6 Å². The molecule has 0 aromatic heterocycles. The normalized spacial score (nSPS) is 12.1. The van der Waals surface area contributed by atoms with Crippen LogP contribution in [0.3, 0.4) is 0 Å². The summed E-state index contributed by atoms with van der Waals surface area (Å²) in [7, 11) is 0.563. The first-order valence-electron chi connectivity index (χ1n) is 12.1. The molecule has 0 spiro atoms. The van der Waals surface area contributed by atoms with Gasteiger partial charge < -0.3 is 4.74 Å². The molecule has 0 saturated carbocycles. The Balaban J connectivity index is 2.05. The van der Waals surface area contributed by atoms with Gasteiger partial charge in [0.2, 0.25) is 0 Å². The molecule has 0 aliphatic rings. The van der Waals surface area contributed by atoms with Crippen molar-refractivity contribution in [1.29, 1.82) is 0 Å². The number of ether oxygens (including phenoxy) is 1. The Morgan fingerprint density at radius 1 is 0.879 bits per heavy atom. The summed E-state index contributed by atoms with van der Waals surface area (Å²) < 4.78 is 6.61. The third-order valence-corrected chi connectivity index (χ3v) is 7.78. The zero-order chi connectivity index (χ0) is 24.0. The second-order valence-corrected chi connectivity index (χ2v) is 11.2. The first-order chi connectivity index (χ1) is 15.7. The molecule has 1 unspecified atom stereocenters. The van der Waals surface area contributed by atoms with Crippen LogP contribution in [0.1, 0.15) is 62.4 Å². The average Bonchev–Trinajstić information content (AvgIpc) is 2.78. The van der Waals surface area contributed by atoms with E-state index in [4.69, 9.17) is 4.74 Å². The molecule has 3 aromatic carbocycles. The molecule has 176 valence electrons. The number of hydrogen-bond acceptors (Lipinski definition) is 2. The monoisotopic (exact) mass is 461 g/mol. The van der Waals surface area contributed by atoms with E-state index in [9.17, 15) is 0 Å². The van der Waals surface area contributed by atoms with Crippen molar-refractivity contribution in [3.05, 3.63) is 88.5 Å². The van der Waals surface area contributed by atoms with Crippen LogP contribution in [-0.4, -0.2) is 18.0 Å². The lowest BCUT2D eigenvalue weighted by molar-refractivity contribution is 0.296. The Labute approximate surface area is 203 Å². The van der Waals surface area contributed by atoms with Crippen LogP contribution in [0.4, 0.5) is 0 Å². The fourth-order valence-electron chi connectivity index (χ4n) is 4.17. The molecule has 0 aliphatic heterocycles. The van der Waals surface area contributed by atoms with E-state index < -0.39 is 0 Å². The zero-order valence-corrected chi connectivity index (χ0v) is 22.5. The van der Waals surface area contributed by atoms with E-state index in [1.54, 1.807) is 0 Å². The summed E-state index contributed by atoms with van der Waals surface area (Å²) in [5.74, 6) is 1.06. The Morgan fingerprint density at radius 2 is 1.58 bits per heavy atom. The number of benzene rings is 3. The van der Waals surface area contributed by atoms with Gasteiger partial charge in [0.15, 0.2) is 0 Å². The summed E-state index contributed by atoms with van der Waals surface area (Å²) >= 11 is 0. The van der Waals surface area contributed by atoms with Gasteiger partial charge >= 0.3 is 0 Å². The predicted molar refractivity (Wildman–Crippen MR) is 146 cm³/mol. The standard InChI is InChI=1S/C30H40NOP/c1-8-31(9-2)20-25-17-13-14-23(4)29(25)33-27-19-22(3)18-26(30(5,6)7)28(27)32-21-24-15-11-10-12-16-24/h10-19,33H,8-9,20-21H2,1-7H3. The first kappa shape index (κ1) is 25.5. The predicted octanol–water partition coefficient (Wildman–Crippen LogP) is 6.65. The maximum Gasteiger partial charge on any atom is 0.131 e. The third-order valence-electron chi connectivity index (χ3n) is 6.17. The first-order valence-corrected chi connectivity index (χ1v) is 13.1. The fourth-order valence-corrected chi connectivity index (χ4v) is 5.66. The maximum absolute atomic E-state index is 6.61. The van der Waals surface area contributed by atoms with E-state index in [0.29, 0.717) is 15.2 Å². The molecule has 0 aliphatic carbocycles. The highest BCUT2D eigenvalue weighted by Gasteiger charge is 2.23. The van der Waals surface area contributed by atoms with Gasteiger partial charge in [-0.15, -0.1) is 0 Å². The van der Waals surface area contributed by atoms with Crippen LogP contribution in [0.2, 0.25) is 0 Å². The van der Waals surface area contributed by atoms with Gasteiger partial charge in [0.05, 0.1) is 0 Å². The van der Waals surface area contributed by atoms with Gasteiger partial charge in [0.1, 0.15) is 12.4 Å². The van der Waals surface area contributed by atoms with Gasteiger partial charge in [-0.2, -0.15) is 0 Å². The molecule has 0 saturated heterocycles. The molecular weight excluding hydrogens is 421 g/mol. The minimum atomic E-state index is 0.00700. The van der Waals surface area contributed by atoms with E-state index in [1.807, 2.05) is 0 Å². The molecule has 2 nitrogen and oxygen atoms in total. The molecule has 33 heavy (non-hydrogen) atoms. The highest BCUT2D eigenvalue weighted by molar-refractivity contribution is 7.56. The molecule has 0 amide bonds. The molecule has 0 N–H and O–H groups in total. The number of nitrogens with zero attached hydrogens (tertiary/aromatic N) is 1. The van der Waals surface area contributed by atoms with Gasteiger partial charge in [0.25, 0.3) is 0 Å². The van der Waals surface area contributed by atoms with E-state index in [1.165, 1.54) is 38.4 Å². The minimum absolute atomic E-state index is 0.00700. The van der Waals surface area contributed by atoms with Gasteiger partial charge in [-0.05, 0) is 66.0 Å². The van der Waals surface area contributed by atoms with Crippen molar-refractivity contribution in [3.8, 4) is 5.75 Å². The molecule has 0 heterocycles. The van der Waals surface area contributed by atoms with Crippen molar-refractivity contribution >= 4 is 19.2 Å². The van der Waals surface area contributed by atoms with Crippen LogP contribution in [0.15, 0.2) is 60.7 Å². The average molecular weight is 462 g/mol. The van der Waals surface area contributed by atoms with Crippen LogP contribution in [0, 0.1) is 13.8 Å². The summed E-state index contributed by atoms with van der Waals surface area (Å²) in [6, 6.07) is 21.9. The molecule has 0 bridgehead atoms. The van der Waals surface area contributed by atoms with E-state index in [-0.39, 0.29) is 5.41 Å². The molecule has 3 heteroatoms.